The zero-order chi connectivity index (χ0) is 32.2. The van der Waals surface area contributed by atoms with Crippen LogP contribution in [-0.4, -0.2) is 71.1 Å². The van der Waals surface area contributed by atoms with Gasteiger partial charge in [0.15, 0.2) is 23.5 Å². The lowest BCUT2D eigenvalue weighted by Crippen LogP contribution is -2.52. The van der Waals surface area contributed by atoms with Gasteiger partial charge in [0.2, 0.25) is 12.7 Å². The lowest BCUT2D eigenvalue weighted by molar-refractivity contribution is -0.147. The number of aliphatic hydroxyl groups excluding tert-OH is 1. The van der Waals surface area contributed by atoms with Crippen LogP contribution in [0.3, 0.4) is 0 Å². The minimum Gasteiger partial charge on any atom is -0.460 e. The molecule has 3 heterocycles. The Morgan fingerprint density at radius 3 is 2.73 bits per heavy atom. The Hall–Kier alpha value is -4.43. The van der Waals surface area contributed by atoms with E-state index in [4.69, 9.17) is 28.0 Å². The third-order valence-corrected chi connectivity index (χ3v) is 8.85. The molecule has 6 atom stereocenters. The van der Waals surface area contributed by atoms with Crippen molar-refractivity contribution in [3.05, 3.63) is 76.8 Å². The van der Waals surface area contributed by atoms with Crippen LogP contribution in [0.2, 0.25) is 0 Å². The average molecular weight is 644 g/mol. The number of rotatable bonds is 12. The molecule has 45 heavy (non-hydrogen) atoms. The second kappa shape index (κ2) is 13.3. The minimum atomic E-state index is -4.46. The van der Waals surface area contributed by atoms with E-state index >= 15 is 0 Å². The summed E-state index contributed by atoms with van der Waals surface area (Å²) < 4.78 is 47.4. The molecule has 0 saturated carbocycles. The molecule has 0 radical (unpaired) electrons. The number of hydrogen-bond acceptors (Lipinski definition) is 12. The number of nitrogens with one attached hydrogen (secondary N) is 1. The number of allylic oxidation sites excluding steroid dienone is 1. The molecule has 1 unspecified atom stereocenters. The SMILES string of the molecule is C[C@H](NP(=O)(OC[C@H]1O[C@@H](N2C=CC(=O)CC2=O)[C@](C)(N=[N+]=[N-])[C@@H]1O)Oc1ccc2c(c1)OCO2)C(=O)OCc1ccccc1. The number of carbonyl (C=O) groups is 3. The maximum absolute atomic E-state index is 14.1. The summed E-state index contributed by atoms with van der Waals surface area (Å²) in [6.45, 7) is 2.11. The molecule has 3 aliphatic rings. The Balaban J connectivity index is 1.34. The number of ketones is 1. The van der Waals surface area contributed by atoms with Gasteiger partial charge in [0, 0.05) is 17.2 Å². The summed E-state index contributed by atoms with van der Waals surface area (Å²) in [4.78, 5) is 41.0. The van der Waals surface area contributed by atoms with Crippen LogP contribution < -0.4 is 19.1 Å². The number of esters is 1. The molecule has 1 fully saturated rings. The summed E-state index contributed by atoms with van der Waals surface area (Å²) in [6.07, 6.45) is -2.31. The second-order valence-corrected chi connectivity index (χ2v) is 12.2. The average Bonchev–Trinajstić information content (AvgIpc) is 3.57. The number of azide groups is 1. The highest BCUT2D eigenvalue weighted by Crippen LogP contribution is 2.48. The van der Waals surface area contributed by atoms with E-state index in [2.05, 4.69) is 15.1 Å². The highest BCUT2D eigenvalue weighted by molar-refractivity contribution is 7.52. The highest BCUT2D eigenvalue weighted by atomic mass is 31.2. The molecule has 238 valence electrons. The van der Waals surface area contributed by atoms with Gasteiger partial charge in [-0.05, 0) is 43.2 Å². The third kappa shape index (κ3) is 7.12. The topological polar surface area (TPSA) is 208 Å². The van der Waals surface area contributed by atoms with E-state index in [0.29, 0.717) is 11.5 Å². The number of amides is 1. The van der Waals surface area contributed by atoms with Crippen molar-refractivity contribution in [2.45, 2.75) is 56.9 Å². The summed E-state index contributed by atoms with van der Waals surface area (Å²) >= 11 is 0. The van der Waals surface area contributed by atoms with Crippen molar-refractivity contribution < 1.29 is 52.1 Å². The Bertz CT molecular complexity index is 1580. The van der Waals surface area contributed by atoms with E-state index in [-0.39, 0.29) is 19.1 Å². The lowest BCUT2D eigenvalue weighted by Gasteiger charge is -2.35. The fourth-order valence-corrected chi connectivity index (χ4v) is 6.31. The van der Waals surface area contributed by atoms with Crippen molar-refractivity contribution in [2.75, 3.05) is 13.4 Å². The molecule has 0 aromatic heterocycles. The number of aliphatic hydroxyl groups is 1. The van der Waals surface area contributed by atoms with Gasteiger partial charge in [-0.25, -0.2) is 4.57 Å². The van der Waals surface area contributed by atoms with Gasteiger partial charge in [0.25, 0.3) is 0 Å². The first-order valence-corrected chi connectivity index (χ1v) is 15.3. The van der Waals surface area contributed by atoms with Crippen molar-refractivity contribution in [1.82, 2.24) is 9.99 Å². The summed E-state index contributed by atoms with van der Waals surface area (Å²) in [7, 11) is -4.46. The van der Waals surface area contributed by atoms with Gasteiger partial charge in [-0.15, -0.1) is 0 Å². The van der Waals surface area contributed by atoms with E-state index in [0.717, 1.165) is 16.5 Å². The first kappa shape index (κ1) is 32.0. The minimum absolute atomic E-state index is 0.0135. The molecule has 5 rings (SSSR count). The van der Waals surface area contributed by atoms with Gasteiger partial charge in [-0.2, -0.15) is 5.09 Å². The van der Waals surface area contributed by atoms with Crippen LogP contribution in [0, 0.1) is 0 Å². The Labute approximate surface area is 257 Å². The highest BCUT2D eigenvalue weighted by Gasteiger charge is 2.56. The van der Waals surface area contributed by atoms with E-state index in [1.165, 1.54) is 38.2 Å². The van der Waals surface area contributed by atoms with Crippen LogP contribution in [0.5, 0.6) is 17.2 Å². The quantitative estimate of drug-likeness (QED) is 0.0854. The van der Waals surface area contributed by atoms with Crippen LogP contribution in [0.15, 0.2) is 65.9 Å². The second-order valence-electron chi connectivity index (χ2n) is 10.5. The molecule has 0 spiro atoms. The van der Waals surface area contributed by atoms with Gasteiger partial charge in [-0.3, -0.25) is 23.8 Å². The third-order valence-electron chi connectivity index (χ3n) is 7.21. The first-order valence-electron chi connectivity index (χ1n) is 13.8. The van der Waals surface area contributed by atoms with Gasteiger partial charge in [0.05, 0.1) is 19.1 Å². The molecule has 16 nitrogen and oxygen atoms in total. The number of hydrogen-bond donors (Lipinski definition) is 2. The molecular weight excluding hydrogens is 613 g/mol. The normalized spacial score (nSPS) is 25.8. The van der Waals surface area contributed by atoms with Crippen molar-refractivity contribution >= 4 is 25.4 Å². The molecule has 0 aliphatic carbocycles. The Morgan fingerprint density at radius 1 is 1.24 bits per heavy atom. The number of nitrogens with zero attached hydrogens (tertiary/aromatic N) is 4. The van der Waals surface area contributed by atoms with Crippen LogP contribution in [0.25, 0.3) is 10.4 Å². The number of benzene rings is 2. The van der Waals surface area contributed by atoms with Crippen molar-refractivity contribution in [3.63, 3.8) is 0 Å². The number of ether oxygens (including phenoxy) is 4. The predicted molar refractivity (Wildman–Crippen MR) is 153 cm³/mol. The summed E-state index contributed by atoms with van der Waals surface area (Å²) in [5.41, 5.74) is 8.24. The zero-order valence-corrected chi connectivity index (χ0v) is 25.1. The van der Waals surface area contributed by atoms with Gasteiger partial charge in [0.1, 0.15) is 30.0 Å². The Kier molecular flexibility index (Phi) is 9.44. The maximum Gasteiger partial charge on any atom is 0.459 e. The fraction of sp³-hybridized carbons (Fsp3) is 0.393. The van der Waals surface area contributed by atoms with Crippen LogP contribution in [-0.2, 0) is 39.6 Å². The van der Waals surface area contributed by atoms with Crippen LogP contribution in [0.1, 0.15) is 25.8 Å². The lowest BCUT2D eigenvalue weighted by atomic mass is 9.92. The summed E-state index contributed by atoms with van der Waals surface area (Å²) in [5.74, 6) is -1.01. The largest absolute Gasteiger partial charge is 0.460 e. The summed E-state index contributed by atoms with van der Waals surface area (Å²) in [6, 6.07) is 12.2. The molecule has 2 N–H and O–H groups in total. The monoisotopic (exact) mass is 643 g/mol. The zero-order valence-electron chi connectivity index (χ0n) is 24.2. The molecule has 3 aliphatic heterocycles. The molecule has 1 amide bonds. The molecule has 0 bridgehead atoms. The van der Waals surface area contributed by atoms with E-state index in [1.807, 2.05) is 6.07 Å². The molecule has 2 aromatic carbocycles. The molecule has 2 aromatic rings. The van der Waals surface area contributed by atoms with E-state index in [9.17, 15) is 29.6 Å². The number of fused-ring (bicyclic) bond motifs is 1. The molecular formula is C28H30N5O11P. The van der Waals surface area contributed by atoms with Crippen molar-refractivity contribution in [3.8, 4) is 17.2 Å². The Morgan fingerprint density at radius 2 is 2.00 bits per heavy atom. The van der Waals surface area contributed by atoms with Crippen LogP contribution in [0.4, 0.5) is 0 Å². The fourth-order valence-electron chi connectivity index (χ4n) is 4.81. The van der Waals surface area contributed by atoms with Crippen molar-refractivity contribution in [2.24, 2.45) is 5.11 Å². The van der Waals surface area contributed by atoms with E-state index in [1.54, 1.807) is 24.3 Å². The van der Waals surface area contributed by atoms with Gasteiger partial charge < -0.3 is 28.6 Å². The van der Waals surface area contributed by atoms with Gasteiger partial charge in [-0.1, -0.05) is 35.4 Å². The first-order chi connectivity index (χ1) is 21.5. The van der Waals surface area contributed by atoms with Crippen molar-refractivity contribution in [1.29, 1.82) is 0 Å². The predicted octanol–water partition coefficient (Wildman–Crippen LogP) is 3.11. The molecule has 1 saturated heterocycles. The summed E-state index contributed by atoms with van der Waals surface area (Å²) in [5, 5.41) is 17.4. The maximum atomic E-state index is 14.1. The van der Waals surface area contributed by atoms with Gasteiger partial charge >= 0.3 is 13.7 Å². The van der Waals surface area contributed by atoms with E-state index < -0.39 is 68.5 Å². The standard InChI is InChI=1S/C28H30N5O11P/c1-17(26(37)39-14-18-6-4-3-5-7-18)30-45(38,44-20-8-9-21-22(13-20)41-16-40-21)42-15-23-25(36)28(2,31-32-29)27(43-23)33-11-10-19(34)12-24(33)35/h3-11,13,17,23,25,27,36H,12,14-16H2,1-2H3,(H,30,38)/t17-,23+,25+,27+,28+,45?/m0/s1. The van der Waals surface area contributed by atoms with Crippen LogP contribution >= 0.6 is 7.75 Å². The molecule has 17 heteroatoms. The number of carbonyl (C=O) groups excluding carboxylic acids is 3. The smallest absolute Gasteiger partial charge is 0.459 e.